The second kappa shape index (κ2) is 9.40. The van der Waals surface area contributed by atoms with E-state index in [1.54, 1.807) is 0 Å². The predicted octanol–water partition coefficient (Wildman–Crippen LogP) is 3.04. The highest BCUT2D eigenvalue weighted by Gasteiger charge is 2.37. The maximum Gasteiger partial charge on any atom is 0.137 e. The Morgan fingerprint density at radius 3 is 2.53 bits per heavy atom. The van der Waals surface area contributed by atoms with Crippen LogP contribution in [0, 0.1) is 11.6 Å². The van der Waals surface area contributed by atoms with Crippen molar-refractivity contribution in [3.63, 3.8) is 0 Å². The van der Waals surface area contributed by atoms with Crippen molar-refractivity contribution in [1.29, 1.82) is 0 Å². The van der Waals surface area contributed by atoms with Gasteiger partial charge in [-0.15, -0.1) is 5.10 Å². The Morgan fingerprint density at radius 1 is 1.03 bits per heavy atom. The minimum Gasteiger partial charge on any atom is -0.382 e. The van der Waals surface area contributed by atoms with E-state index in [0.717, 1.165) is 36.2 Å². The molecular weight excluding hydrogens is 440 g/mol. The van der Waals surface area contributed by atoms with E-state index >= 15 is 0 Å². The number of β-amino-alcohol motifs (C(OH)–C–C–N with tert-alkyl or cyclic N) is 1. The molecule has 8 nitrogen and oxygen atoms in total. The van der Waals surface area contributed by atoms with E-state index in [2.05, 4.69) is 25.3 Å². The summed E-state index contributed by atoms with van der Waals surface area (Å²) >= 11 is 0. The molecule has 2 aromatic carbocycles. The number of aromatic nitrogens is 6. The van der Waals surface area contributed by atoms with Gasteiger partial charge >= 0.3 is 0 Å². The summed E-state index contributed by atoms with van der Waals surface area (Å²) in [4.78, 5) is 6.00. The van der Waals surface area contributed by atoms with Gasteiger partial charge in [-0.25, -0.2) is 23.1 Å². The molecule has 5 rings (SSSR count). The van der Waals surface area contributed by atoms with Crippen LogP contribution in [0.15, 0.2) is 67.4 Å². The maximum absolute atomic E-state index is 14.7. The molecule has 0 amide bonds. The van der Waals surface area contributed by atoms with E-state index in [4.69, 9.17) is 0 Å². The quantitative estimate of drug-likeness (QED) is 0.452. The van der Waals surface area contributed by atoms with Crippen molar-refractivity contribution in [2.45, 2.75) is 31.0 Å². The fourth-order valence-corrected chi connectivity index (χ4v) is 4.58. The Labute approximate surface area is 195 Å². The Hall–Kier alpha value is -3.50. The van der Waals surface area contributed by atoms with Crippen LogP contribution in [-0.2, 0) is 12.1 Å². The molecule has 176 valence electrons. The lowest BCUT2D eigenvalue weighted by Gasteiger charge is -2.38. The number of aliphatic hydroxyl groups is 1. The first kappa shape index (κ1) is 22.3. The summed E-state index contributed by atoms with van der Waals surface area (Å²) in [6.45, 7) is 1.55. The molecule has 1 atom stereocenters. The Balaban J connectivity index is 1.29. The van der Waals surface area contributed by atoms with Crippen molar-refractivity contribution in [2.24, 2.45) is 0 Å². The summed E-state index contributed by atoms with van der Waals surface area (Å²) in [5.41, 5.74) is 0.282. The van der Waals surface area contributed by atoms with Gasteiger partial charge in [-0.05, 0) is 18.9 Å². The largest absolute Gasteiger partial charge is 0.382 e. The van der Waals surface area contributed by atoms with Crippen molar-refractivity contribution in [1.82, 2.24) is 34.7 Å². The standard InChI is InChI=1S/C24H25F2N7O/c25-19-6-7-21(22(26)12-19)24(34,15-32-17-27-16-28-32)14-31-10-8-20(9-11-31)33-13-23(29-30-33)18-4-2-1-3-5-18/h1-7,12-13,16-17,20,34H,8-11,14-15H2. The summed E-state index contributed by atoms with van der Waals surface area (Å²) in [7, 11) is 0. The van der Waals surface area contributed by atoms with E-state index in [1.165, 1.54) is 23.4 Å². The summed E-state index contributed by atoms with van der Waals surface area (Å²) in [5.74, 6) is -1.47. The first-order valence-electron chi connectivity index (χ1n) is 11.2. The molecule has 0 spiro atoms. The number of piperidine rings is 1. The van der Waals surface area contributed by atoms with E-state index in [-0.39, 0.29) is 24.7 Å². The molecule has 0 bridgehead atoms. The average molecular weight is 466 g/mol. The van der Waals surface area contributed by atoms with Gasteiger partial charge in [-0.2, -0.15) is 5.10 Å². The van der Waals surface area contributed by atoms with E-state index in [9.17, 15) is 13.9 Å². The second-order valence-electron chi connectivity index (χ2n) is 8.71. The second-order valence-corrected chi connectivity index (χ2v) is 8.71. The highest BCUT2D eigenvalue weighted by atomic mass is 19.1. The van der Waals surface area contributed by atoms with Gasteiger partial charge in [0.2, 0.25) is 0 Å². The topological polar surface area (TPSA) is 84.9 Å². The number of benzene rings is 2. The molecule has 1 unspecified atom stereocenters. The molecule has 1 N–H and O–H groups in total. The summed E-state index contributed by atoms with van der Waals surface area (Å²) in [6, 6.07) is 13.3. The van der Waals surface area contributed by atoms with Gasteiger partial charge in [-0.1, -0.05) is 41.6 Å². The van der Waals surface area contributed by atoms with Crippen LogP contribution in [0.1, 0.15) is 24.4 Å². The molecule has 3 heterocycles. The van der Waals surface area contributed by atoms with Crippen molar-refractivity contribution < 1.29 is 13.9 Å². The lowest BCUT2D eigenvalue weighted by atomic mass is 9.91. The lowest BCUT2D eigenvalue weighted by Crippen LogP contribution is -2.47. The number of hydrogen-bond acceptors (Lipinski definition) is 6. The first-order chi connectivity index (χ1) is 16.5. The predicted molar refractivity (Wildman–Crippen MR) is 120 cm³/mol. The van der Waals surface area contributed by atoms with Gasteiger partial charge in [0, 0.05) is 36.8 Å². The molecule has 0 aliphatic carbocycles. The molecule has 4 aromatic rings. The number of halogens is 2. The molecule has 2 aromatic heterocycles. The molecule has 0 saturated carbocycles. The molecule has 1 aliphatic rings. The zero-order valence-corrected chi connectivity index (χ0v) is 18.5. The van der Waals surface area contributed by atoms with E-state index < -0.39 is 17.2 Å². The number of nitrogens with zero attached hydrogens (tertiary/aromatic N) is 7. The summed E-state index contributed by atoms with van der Waals surface area (Å²) in [5, 5.41) is 24.3. The van der Waals surface area contributed by atoms with Gasteiger partial charge in [0.25, 0.3) is 0 Å². The Bertz CT molecular complexity index is 1220. The van der Waals surface area contributed by atoms with Crippen LogP contribution >= 0.6 is 0 Å². The fourth-order valence-electron chi connectivity index (χ4n) is 4.58. The first-order valence-corrected chi connectivity index (χ1v) is 11.2. The molecule has 1 fully saturated rings. The van der Waals surface area contributed by atoms with Gasteiger partial charge < -0.3 is 5.11 Å². The monoisotopic (exact) mass is 465 g/mol. The van der Waals surface area contributed by atoms with Crippen LogP contribution in [0.25, 0.3) is 11.3 Å². The van der Waals surface area contributed by atoms with Gasteiger partial charge in [-0.3, -0.25) is 4.90 Å². The Morgan fingerprint density at radius 2 is 1.82 bits per heavy atom. The number of rotatable bonds is 7. The van der Waals surface area contributed by atoms with Crippen LogP contribution in [0.5, 0.6) is 0 Å². The van der Waals surface area contributed by atoms with Crippen LogP contribution in [0.2, 0.25) is 0 Å². The van der Waals surface area contributed by atoms with Crippen molar-refractivity contribution >= 4 is 0 Å². The summed E-state index contributed by atoms with van der Waals surface area (Å²) in [6.07, 6.45) is 6.40. The minimum absolute atomic E-state index is 0.000999. The van der Waals surface area contributed by atoms with Crippen LogP contribution < -0.4 is 0 Å². The van der Waals surface area contributed by atoms with Crippen LogP contribution in [-0.4, -0.2) is 59.4 Å². The molecular formula is C24H25F2N7O. The number of hydrogen-bond donors (Lipinski definition) is 1. The SMILES string of the molecule is OC(CN1CCC(n2cc(-c3ccccc3)nn2)CC1)(Cn1cncn1)c1ccc(F)cc1F. The van der Waals surface area contributed by atoms with E-state index in [0.29, 0.717) is 13.1 Å². The molecule has 34 heavy (non-hydrogen) atoms. The third-order valence-electron chi connectivity index (χ3n) is 6.32. The van der Waals surface area contributed by atoms with Crippen LogP contribution in [0.3, 0.4) is 0 Å². The van der Waals surface area contributed by atoms with E-state index in [1.807, 2.05) is 41.2 Å². The highest BCUT2D eigenvalue weighted by molar-refractivity contribution is 5.57. The molecule has 0 radical (unpaired) electrons. The van der Waals surface area contributed by atoms with Crippen molar-refractivity contribution in [2.75, 3.05) is 19.6 Å². The average Bonchev–Trinajstić information content (AvgIpc) is 3.52. The van der Waals surface area contributed by atoms with Crippen molar-refractivity contribution in [3.8, 4) is 11.3 Å². The van der Waals surface area contributed by atoms with Crippen LogP contribution in [0.4, 0.5) is 8.78 Å². The third-order valence-corrected chi connectivity index (χ3v) is 6.32. The number of likely N-dealkylation sites (tertiary alicyclic amines) is 1. The Kier molecular flexibility index (Phi) is 6.16. The minimum atomic E-state index is -1.61. The highest BCUT2D eigenvalue weighted by Crippen LogP contribution is 2.31. The maximum atomic E-state index is 14.7. The smallest absolute Gasteiger partial charge is 0.137 e. The fraction of sp³-hybridized carbons (Fsp3) is 0.333. The van der Waals surface area contributed by atoms with Gasteiger partial charge in [0.15, 0.2) is 0 Å². The summed E-state index contributed by atoms with van der Waals surface area (Å²) < 4.78 is 31.5. The molecule has 1 saturated heterocycles. The van der Waals surface area contributed by atoms with Gasteiger partial charge in [0.05, 0.1) is 18.8 Å². The zero-order chi connectivity index (χ0) is 23.5. The molecule has 10 heteroatoms. The molecule has 1 aliphatic heterocycles. The van der Waals surface area contributed by atoms with Gasteiger partial charge in [0.1, 0.15) is 35.6 Å². The zero-order valence-electron chi connectivity index (χ0n) is 18.5. The normalized spacial score (nSPS) is 17.0. The van der Waals surface area contributed by atoms with Crippen molar-refractivity contribution in [3.05, 3.63) is 84.6 Å². The lowest BCUT2D eigenvalue weighted by molar-refractivity contribution is -0.0285. The third kappa shape index (κ3) is 4.73.